The van der Waals surface area contributed by atoms with E-state index in [9.17, 15) is 0 Å². The first-order chi connectivity index (χ1) is 13.3. The molecule has 0 aliphatic heterocycles. The second kappa shape index (κ2) is 6.41. The zero-order chi connectivity index (χ0) is 18.2. The number of fused-ring (bicyclic) bond motifs is 1. The number of hydrogen-bond donors (Lipinski definition) is 0. The zero-order valence-corrected chi connectivity index (χ0v) is 15.1. The van der Waals surface area contributed by atoms with Crippen LogP contribution in [0.4, 0.5) is 0 Å². The molecule has 5 rings (SSSR count). The zero-order valence-electron chi connectivity index (χ0n) is 14.3. The molecule has 0 spiro atoms. The average molecular weight is 371 g/mol. The normalized spacial score (nSPS) is 11.1. The van der Waals surface area contributed by atoms with E-state index in [4.69, 9.17) is 11.6 Å². The second-order valence-electron chi connectivity index (χ2n) is 6.27. The molecule has 0 atom stereocenters. The fourth-order valence-electron chi connectivity index (χ4n) is 3.32. The van der Waals surface area contributed by atoms with Gasteiger partial charge in [0.15, 0.2) is 0 Å². The maximum atomic E-state index is 6.02. The first kappa shape index (κ1) is 15.9. The lowest BCUT2D eigenvalue weighted by atomic mass is 10.2. The number of nitrogens with zero attached hydrogens (tertiary/aromatic N) is 4. The molecule has 0 aliphatic rings. The Morgan fingerprint density at radius 3 is 2.26 bits per heavy atom. The highest BCUT2D eigenvalue weighted by Crippen LogP contribution is 2.27. The van der Waals surface area contributed by atoms with Crippen molar-refractivity contribution < 1.29 is 0 Å². The van der Waals surface area contributed by atoms with Crippen LogP contribution in [0.15, 0.2) is 91.5 Å². The largest absolute Gasteiger partial charge is 0.316 e. The maximum absolute atomic E-state index is 6.02. The minimum atomic E-state index is 0.711. The Kier molecular flexibility index (Phi) is 3.77. The van der Waals surface area contributed by atoms with Crippen LogP contribution < -0.4 is 0 Å². The van der Waals surface area contributed by atoms with Crippen molar-refractivity contribution in [1.82, 2.24) is 19.2 Å². The SMILES string of the molecule is Clc1ccc(-n2nccc2-c2ccc3ccc(-c4ccncc4)n3c2)cc1. The molecule has 0 saturated heterocycles. The Balaban J connectivity index is 1.65. The molecule has 0 radical (unpaired) electrons. The van der Waals surface area contributed by atoms with Crippen molar-refractivity contribution in [2.75, 3.05) is 0 Å². The van der Waals surface area contributed by atoms with E-state index in [-0.39, 0.29) is 0 Å². The minimum absolute atomic E-state index is 0.711. The molecule has 4 heterocycles. The van der Waals surface area contributed by atoms with Crippen molar-refractivity contribution in [1.29, 1.82) is 0 Å². The average Bonchev–Trinajstić information content (AvgIpc) is 3.36. The molecule has 0 unspecified atom stereocenters. The summed E-state index contributed by atoms with van der Waals surface area (Å²) in [5.41, 5.74) is 6.49. The molecule has 4 nitrogen and oxygen atoms in total. The monoisotopic (exact) mass is 370 g/mol. The van der Waals surface area contributed by atoms with Crippen molar-refractivity contribution in [2.24, 2.45) is 0 Å². The van der Waals surface area contributed by atoms with Crippen LogP contribution in [-0.2, 0) is 0 Å². The topological polar surface area (TPSA) is 35.1 Å². The third kappa shape index (κ3) is 2.80. The van der Waals surface area contributed by atoms with Gasteiger partial charge in [0.2, 0.25) is 0 Å². The summed E-state index contributed by atoms with van der Waals surface area (Å²) < 4.78 is 4.12. The highest BCUT2D eigenvalue weighted by atomic mass is 35.5. The van der Waals surface area contributed by atoms with Gasteiger partial charge in [-0.2, -0.15) is 5.10 Å². The molecule has 0 saturated carbocycles. The lowest BCUT2D eigenvalue weighted by Crippen LogP contribution is -1.99. The van der Waals surface area contributed by atoms with Gasteiger partial charge in [-0.15, -0.1) is 0 Å². The van der Waals surface area contributed by atoms with Gasteiger partial charge in [-0.1, -0.05) is 11.6 Å². The summed E-state index contributed by atoms with van der Waals surface area (Å²) in [6.45, 7) is 0. The summed E-state index contributed by atoms with van der Waals surface area (Å²) in [5.74, 6) is 0. The highest BCUT2D eigenvalue weighted by molar-refractivity contribution is 6.30. The van der Waals surface area contributed by atoms with Crippen molar-refractivity contribution in [3.8, 4) is 28.2 Å². The summed E-state index contributed by atoms with van der Waals surface area (Å²) in [6.07, 6.45) is 7.59. The molecule has 4 aromatic heterocycles. The third-order valence-electron chi connectivity index (χ3n) is 4.64. The molecule has 0 fully saturated rings. The van der Waals surface area contributed by atoms with Gasteiger partial charge in [-0.3, -0.25) is 4.98 Å². The molecule has 1 aromatic carbocycles. The third-order valence-corrected chi connectivity index (χ3v) is 4.89. The first-order valence-electron chi connectivity index (χ1n) is 8.61. The Morgan fingerprint density at radius 2 is 1.44 bits per heavy atom. The molecule has 0 aliphatic carbocycles. The van der Waals surface area contributed by atoms with Gasteiger partial charge in [0.25, 0.3) is 0 Å². The van der Waals surface area contributed by atoms with E-state index < -0.39 is 0 Å². The van der Waals surface area contributed by atoms with Gasteiger partial charge >= 0.3 is 0 Å². The number of rotatable bonds is 3. The molecule has 0 N–H and O–H groups in total. The van der Waals surface area contributed by atoms with Gasteiger partial charge in [0, 0.05) is 40.3 Å². The maximum Gasteiger partial charge on any atom is 0.0755 e. The Labute approximate surface area is 161 Å². The molecule has 27 heavy (non-hydrogen) atoms. The van der Waals surface area contributed by atoms with Gasteiger partial charge in [0.1, 0.15) is 0 Å². The Morgan fingerprint density at radius 1 is 0.667 bits per heavy atom. The smallest absolute Gasteiger partial charge is 0.0755 e. The van der Waals surface area contributed by atoms with Gasteiger partial charge in [-0.05, 0) is 66.7 Å². The Bertz CT molecular complexity index is 1220. The summed E-state index contributed by atoms with van der Waals surface area (Å²) in [7, 11) is 0. The van der Waals surface area contributed by atoms with E-state index in [0.29, 0.717) is 5.02 Å². The van der Waals surface area contributed by atoms with Crippen LogP contribution in [0.1, 0.15) is 0 Å². The summed E-state index contributed by atoms with van der Waals surface area (Å²) >= 11 is 6.02. The number of benzene rings is 1. The quantitative estimate of drug-likeness (QED) is 0.420. The van der Waals surface area contributed by atoms with Crippen molar-refractivity contribution in [3.63, 3.8) is 0 Å². The summed E-state index contributed by atoms with van der Waals surface area (Å²) in [5, 5.41) is 5.21. The van der Waals surface area contributed by atoms with E-state index in [2.05, 4.69) is 44.9 Å². The minimum Gasteiger partial charge on any atom is -0.316 e. The molecule has 5 heteroatoms. The van der Waals surface area contributed by atoms with Crippen LogP contribution in [0, 0.1) is 0 Å². The van der Waals surface area contributed by atoms with Crippen molar-refractivity contribution >= 4 is 17.1 Å². The lowest BCUT2D eigenvalue weighted by Gasteiger charge is -2.10. The molecule has 0 bridgehead atoms. The summed E-state index contributed by atoms with van der Waals surface area (Å²) in [6, 6.07) is 22.2. The molecular formula is C22H15ClN4. The number of pyridine rings is 2. The first-order valence-corrected chi connectivity index (χ1v) is 8.99. The predicted octanol–water partition coefficient (Wildman–Crippen LogP) is 5.51. The highest BCUT2D eigenvalue weighted by Gasteiger charge is 2.10. The fourth-order valence-corrected chi connectivity index (χ4v) is 3.45. The lowest BCUT2D eigenvalue weighted by molar-refractivity contribution is 0.887. The molecular weight excluding hydrogens is 356 g/mol. The Hall–Kier alpha value is -3.37. The van der Waals surface area contributed by atoms with Gasteiger partial charge < -0.3 is 4.40 Å². The van der Waals surface area contributed by atoms with E-state index in [0.717, 1.165) is 33.7 Å². The van der Waals surface area contributed by atoms with Crippen LogP contribution >= 0.6 is 11.6 Å². The van der Waals surface area contributed by atoms with Crippen LogP contribution in [-0.4, -0.2) is 19.2 Å². The van der Waals surface area contributed by atoms with Crippen molar-refractivity contribution in [2.45, 2.75) is 0 Å². The van der Waals surface area contributed by atoms with E-state index in [1.54, 1.807) is 0 Å². The van der Waals surface area contributed by atoms with E-state index in [1.807, 2.05) is 65.7 Å². The summed E-state index contributed by atoms with van der Waals surface area (Å²) in [4.78, 5) is 4.11. The number of aromatic nitrogens is 4. The van der Waals surface area contributed by atoms with Crippen LogP contribution in [0.5, 0.6) is 0 Å². The van der Waals surface area contributed by atoms with E-state index in [1.165, 1.54) is 0 Å². The standard InChI is InChI=1S/C22H15ClN4/c23-18-2-5-20(6-3-18)27-22(11-14-25-27)17-1-4-19-7-8-21(26(19)15-17)16-9-12-24-13-10-16/h1-15H. The van der Waals surface area contributed by atoms with Crippen molar-refractivity contribution in [3.05, 3.63) is 96.5 Å². The van der Waals surface area contributed by atoms with Crippen LogP contribution in [0.25, 0.3) is 33.7 Å². The molecule has 0 amide bonds. The van der Waals surface area contributed by atoms with Crippen LogP contribution in [0.2, 0.25) is 5.02 Å². The molecule has 130 valence electrons. The number of hydrogen-bond acceptors (Lipinski definition) is 2. The second-order valence-corrected chi connectivity index (χ2v) is 6.71. The van der Waals surface area contributed by atoms with Gasteiger partial charge in [0.05, 0.1) is 23.3 Å². The molecule has 5 aromatic rings. The predicted molar refractivity (Wildman–Crippen MR) is 108 cm³/mol. The fraction of sp³-hybridized carbons (Fsp3) is 0. The van der Waals surface area contributed by atoms with Gasteiger partial charge in [-0.25, -0.2) is 4.68 Å². The van der Waals surface area contributed by atoms with E-state index >= 15 is 0 Å². The number of halogens is 1. The van der Waals surface area contributed by atoms with Crippen LogP contribution in [0.3, 0.4) is 0 Å².